The highest BCUT2D eigenvalue weighted by molar-refractivity contribution is 4.75. The summed E-state index contributed by atoms with van der Waals surface area (Å²) in [6, 6.07) is 0. The second kappa shape index (κ2) is 4.16. The summed E-state index contributed by atoms with van der Waals surface area (Å²) in [5.74, 6) is 0. The fourth-order valence-corrected chi connectivity index (χ4v) is 1.15. The molecule has 0 amide bonds. The minimum Gasteiger partial charge on any atom is -0.374 e. The summed E-state index contributed by atoms with van der Waals surface area (Å²) < 4.78 is 5.40. The van der Waals surface area contributed by atoms with Crippen LogP contribution in [0.3, 0.4) is 0 Å². The molecule has 1 aliphatic heterocycles. The molecule has 1 N–H and O–H groups in total. The number of morpholine rings is 1. The van der Waals surface area contributed by atoms with Crippen LogP contribution in [0.15, 0.2) is 0 Å². The Morgan fingerprint density at radius 1 is 1.82 bits per heavy atom. The van der Waals surface area contributed by atoms with Gasteiger partial charge in [-0.3, -0.25) is 0 Å². The standard InChI is InChI=1S/C7H13N3O/c1-10-2-3-11-7(5-10)4-9-6-8/h7,9H,2-5H2,1H3. The third-order valence-electron chi connectivity index (χ3n) is 1.75. The SMILES string of the molecule is CN1CCOC(CNC#N)C1. The molecule has 0 bridgehead atoms. The van der Waals surface area contributed by atoms with Crippen molar-refractivity contribution in [3.8, 4) is 6.19 Å². The number of nitrogens with one attached hydrogen (secondary N) is 1. The predicted octanol–water partition coefficient (Wildman–Crippen LogP) is -0.612. The first-order valence-corrected chi connectivity index (χ1v) is 3.75. The van der Waals surface area contributed by atoms with Crippen molar-refractivity contribution in [2.24, 2.45) is 0 Å². The van der Waals surface area contributed by atoms with Crippen LogP contribution in [0, 0.1) is 11.5 Å². The summed E-state index contributed by atoms with van der Waals surface area (Å²) >= 11 is 0. The van der Waals surface area contributed by atoms with E-state index in [0.29, 0.717) is 6.54 Å². The minimum atomic E-state index is 0.174. The molecule has 4 nitrogen and oxygen atoms in total. The van der Waals surface area contributed by atoms with Gasteiger partial charge in [0.15, 0.2) is 6.19 Å². The number of hydrogen-bond acceptors (Lipinski definition) is 4. The Hall–Kier alpha value is -0.790. The lowest BCUT2D eigenvalue weighted by atomic mass is 10.3. The number of nitrogens with zero attached hydrogens (tertiary/aromatic N) is 2. The highest BCUT2D eigenvalue weighted by Crippen LogP contribution is 2.00. The number of likely N-dealkylation sites (N-methyl/N-ethyl adjacent to an activating group) is 1. The molecule has 0 spiro atoms. The first-order chi connectivity index (χ1) is 5.33. The molecule has 1 atom stereocenters. The van der Waals surface area contributed by atoms with Crippen molar-refractivity contribution in [3.63, 3.8) is 0 Å². The molecule has 1 aliphatic rings. The van der Waals surface area contributed by atoms with Gasteiger partial charge in [-0.15, -0.1) is 0 Å². The van der Waals surface area contributed by atoms with Crippen LogP contribution < -0.4 is 5.32 Å². The molecule has 0 aromatic heterocycles. The number of hydrogen-bond donors (Lipinski definition) is 1. The molecule has 0 aromatic carbocycles. The molecular weight excluding hydrogens is 142 g/mol. The van der Waals surface area contributed by atoms with E-state index < -0.39 is 0 Å². The normalized spacial score (nSPS) is 26.0. The lowest BCUT2D eigenvalue weighted by molar-refractivity contribution is -0.0163. The van der Waals surface area contributed by atoms with Gasteiger partial charge in [0.05, 0.1) is 19.3 Å². The second-order valence-corrected chi connectivity index (χ2v) is 2.75. The summed E-state index contributed by atoms with van der Waals surface area (Å²) in [5.41, 5.74) is 0. The lowest BCUT2D eigenvalue weighted by Crippen LogP contribution is -2.44. The zero-order valence-electron chi connectivity index (χ0n) is 6.71. The van der Waals surface area contributed by atoms with Crippen LogP contribution in [-0.4, -0.2) is 44.3 Å². The molecule has 62 valence electrons. The Bertz CT molecular complexity index is 154. The monoisotopic (exact) mass is 155 g/mol. The topological polar surface area (TPSA) is 48.3 Å². The summed E-state index contributed by atoms with van der Waals surface area (Å²) in [7, 11) is 2.06. The van der Waals surface area contributed by atoms with E-state index in [9.17, 15) is 0 Å². The maximum atomic E-state index is 8.23. The van der Waals surface area contributed by atoms with Crippen LogP contribution in [0.2, 0.25) is 0 Å². The van der Waals surface area contributed by atoms with Crippen molar-refractivity contribution in [2.75, 3.05) is 33.3 Å². The van der Waals surface area contributed by atoms with E-state index in [0.717, 1.165) is 19.7 Å². The largest absolute Gasteiger partial charge is 0.374 e. The van der Waals surface area contributed by atoms with Crippen LogP contribution in [0.5, 0.6) is 0 Å². The van der Waals surface area contributed by atoms with Gasteiger partial charge in [-0.1, -0.05) is 0 Å². The third-order valence-corrected chi connectivity index (χ3v) is 1.75. The van der Waals surface area contributed by atoms with Gasteiger partial charge in [0.25, 0.3) is 0 Å². The molecule has 4 heteroatoms. The van der Waals surface area contributed by atoms with Crippen LogP contribution in [0.4, 0.5) is 0 Å². The third kappa shape index (κ3) is 2.74. The molecular formula is C7H13N3O. The second-order valence-electron chi connectivity index (χ2n) is 2.75. The quantitative estimate of drug-likeness (QED) is 0.427. The van der Waals surface area contributed by atoms with Crippen molar-refractivity contribution >= 4 is 0 Å². The lowest BCUT2D eigenvalue weighted by Gasteiger charge is -2.29. The highest BCUT2D eigenvalue weighted by Gasteiger charge is 2.16. The molecule has 1 saturated heterocycles. The first kappa shape index (κ1) is 8.31. The minimum absolute atomic E-state index is 0.174. The highest BCUT2D eigenvalue weighted by atomic mass is 16.5. The predicted molar refractivity (Wildman–Crippen MR) is 40.9 cm³/mol. The van der Waals surface area contributed by atoms with Gasteiger partial charge in [-0.25, -0.2) is 0 Å². The maximum absolute atomic E-state index is 8.23. The first-order valence-electron chi connectivity index (χ1n) is 3.75. The molecule has 0 saturated carbocycles. The molecule has 1 fully saturated rings. The average Bonchev–Trinajstić information content (AvgIpc) is 2.01. The number of nitriles is 1. The number of rotatable bonds is 2. The van der Waals surface area contributed by atoms with Crippen LogP contribution in [0.1, 0.15) is 0 Å². The van der Waals surface area contributed by atoms with Crippen molar-refractivity contribution in [1.82, 2.24) is 10.2 Å². The van der Waals surface area contributed by atoms with E-state index in [4.69, 9.17) is 10.00 Å². The van der Waals surface area contributed by atoms with E-state index in [1.807, 2.05) is 6.19 Å². The van der Waals surface area contributed by atoms with E-state index in [2.05, 4.69) is 17.3 Å². The Kier molecular flexibility index (Phi) is 3.14. The van der Waals surface area contributed by atoms with E-state index >= 15 is 0 Å². The van der Waals surface area contributed by atoms with E-state index in [1.165, 1.54) is 0 Å². The summed E-state index contributed by atoms with van der Waals surface area (Å²) in [4.78, 5) is 2.20. The Balaban J connectivity index is 2.18. The van der Waals surface area contributed by atoms with Crippen molar-refractivity contribution in [3.05, 3.63) is 0 Å². The summed E-state index contributed by atoms with van der Waals surface area (Å²) in [5, 5.41) is 10.8. The van der Waals surface area contributed by atoms with Crippen LogP contribution in [-0.2, 0) is 4.74 Å². The Morgan fingerprint density at radius 2 is 2.64 bits per heavy atom. The van der Waals surface area contributed by atoms with Crippen molar-refractivity contribution in [2.45, 2.75) is 6.10 Å². The van der Waals surface area contributed by atoms with Gasteiger partial charge in [-0.2, -0.15) is 5.26 Å². The van der Waals surface area contributed by atoms with E-state index in [-0.39, 0.29) is 6.10 Å². The molecule has 1 heterocycles. The smallest absolute Gasteiger partial charge is 0.176 e. The Labute approximate surface area is 66.7 Å². The molecule has 0 radical (unpaired) electrons. The van der Waals surface area contributed by atoms with Crippen molar-refractivity contribution < 1.29 is 4.74 Å². The van der Waals surface area contributed by atoms with Gasteiger partial charge >= 0.3 is 0 Å². The average molecular weight is 155 g/mol. The zero-order chi connectivity index (χ0) is 8.10. The van der Waals surface area contributed by atoms with Gasteiger partial charge in [0.1, 0.15) is 0 Å². The number of ether oxygens (including phenoxy) is 1. The molecule has 11 heavy (non-hydrogen) atoms. The molecule has 0 aromatic rings. The van der Waals surface area contributed by atoms with E-state index in [1.54, 1.807) is 0 Å². The van der Waals surface area contributed by atoms with Crippen molar-refractivity contribution in [1.29, 1.82) is 5.26 Å². The van der Waals surface area contributed by atoms with Crippen LogP contribution >= 0.6 is 0 Å². The van der Waals surface area contributed by atoms with Gasteiger partial charge in [0, 0.05) is 13.1 Å². The van der Waals surface area contributed by atoms with Gasteiger partial charge in [-0.05, 0) is 7.05 Å². The maximum Gasteiger partial charge on any atom is 0.176 e. The van der Waals surface area contributed by atoms with Gasteiger partial charge < -0.3 is 15.0 Å². The summed E-state index contributed by atoms with van der Waals surface area (Å²) in [6.45, 7) is 3.30. The molecule has 1 unspecified atom stereocenters. The summed E-state index contributed by atoms with van der Waals surface area (Å²) in [6.07, 6.45) is 2.06. The molecule has 1 rings (SSSR count). The van der Waals surface area contributed by atoms with Crippen LogP contribution in [0.25, 0.3) is 0 Å². The zero-order valence-corrected chi connectivity index (χ0v) is 6.71. The Morgan fingerprint density at radius 3 is 3.27 bits per heavy atom. The fraction of sp³-hybridized carbons (Fsp3) is 0.857. The fourth-order valence-electron chi connectivity index (χ4n) is 1.15. The molecule has 0 aliphatic carbocycles. The van der Waals surface area contributed by atoms with Gasteiger partial charge in [0.2, 0.25) is 0 Å².